The molecule has 3 rings (SSSR count). The molecule has 2 heteroatoms. The van der Waals surface area contributed by atoms with E-state index in [1.165, 1.54) is 0 Å². The molecule has 0 spiro atoms. The van der Waals surface area contributed by atoms with Crippen molar-refractivity contribution < 1.29 is 4.39 Å². The Balaban J connectivity index is 2.02. The Morgan fingerprint density at radius 3 is 1.52 bits per heavy atom. The molecule has 1 atom stereocenters. The molecule has 2 N–H and O–H groups in total. The van der Waals surface area contributed by atoms with Crippen LogP contribution in [0, 0.1) is 0 Å². The first-order valence-corrected chi connectivity index (χ1v) is 7.80. The Kier molecular flexibility index (Phi) is 4.54. The van der Waals surface area contributed by atoms with E-state index >= 15 is 4.39 Å². The highest BCUT2D eigenvalue weighted by molar-refractivity contribution is 5.39. The van der Waals surface area contributed by atoms with Gasteiger partial charge in [0.25, 0.3) is 0 Å². The first kappa shape index (κ1) is 15.4. The quantitative estimate of drug-likeness (QED) is 0.739. The third kappa shape index (κ3) is 3.17. The van der Waals surface area contributed by atoms with Crippen molar-refractivity contribution in [3.63, 3.8) is 0 Å². The first-order chi connectivity index (χ1) is 11.2. The number of hydrogen-bond donors (Lipinski definition) is 1. The summed E-state index contributed by atoms with van der Waals surface area (Å²) in [5.74, 6) is 0. The first-order valence-electron chi connectivity index (χ1n) is 7.80. The lowest BCUT2D eigenvalue weighted by molar-refractivity contribution is 0.175. The van der Waals surface area contributed by atoms with E-state index in [2.05, 4.69) is 0 Å². The molecule has 0 saturated heterocycles. The van der Waals surface area contributed by atoms with Gasteiger partial charge in [0, 0.05) is 0 Å². The molecule has 116 valence electrons. The predicted molar refractivity (Wildman–Crippen MR) is 92.9 cm³/mol. The third-order valence-corrected chi connectivity index (χ3v) is 4.20. The van der Waals surface area contributed by atoms with Crippen LogP contribution in [-0.4, -0.2) is 6.04 Å². The summed E-state index contributed by atoms with van der Waals surface area (Å²) in [5, 5.41) is 0. The highest BCUT2D eigenvalue weighted by Gasteiger charge is 2.40. The molecule has 3 aromatic carbocycles. The van der Waals surface area contributed by atoms with Crippen LogP contribution in [0.5, 0.6) is 0 Å². The lowest BCUT2D eigenvalue weighted by Crippen LogP contribution is -2.44. The van der Waals surface area contributed by atoms with Gasteiger partial charge in [-0.1, -0.05) is 91.0 Å². The summed E-state index contributed by atoms with van der Waals surface area (Å²) >= 11 is 0. The van der Waals surface area contributed by atoms with Crippen LogP contribution >= 0.6 is 0 Å². The molecule has 0 bridgehead atoms. The zero-order valence-corrected chi connectivity index (χ0v) is 12.9. The van der Waals surface area contributed by atoms with E-state index in [1.54, 1.807) is 24.3 Å². The monoisotopic (exact) mass is 305 g/mol. The maximum Gasteiger partial charge on any atom is 0.176 e. The van der Waals surface area contributed by atoms with Crippen LogP contribution in [0.1, 0.15) is 16.7 Å². The van der Waals surface area contributed by atoms with Gasteiger partial charge in [-0.2, -0.15) is 0 Å². The van der Waals surface area contributed by atoms with Crippen LogP contribution < -0.4 is 5.73 Å². The van der Waals surface area contributed by atoms with Crippen LogP contribution in [0.25, 0.3) is 0 Å². The molecule has 0 saturated carbocycles. The SMILES string of the molecule is N[C@@H](Cc1ccccc1)C(F)(c1ccccc1)c1ccccc1. The third-order valence-electron chi connectivity index (χ3n) is 4.20. The molecule has 3 aromatic rings. The fraction of sp³-hybridized carbons (Fsp3) is 0.143. The van der Waals surface area contributed by atoms with Crippen molar-refractivity contribution in [3.05, 3.63) is 108 Å². The predicted octanol–water partition coefficient (Wildman–Crippen LogP) is 4.47. The molecule has 0 heterocycles. The smallest absolute Gasteiger partial charge is 0.176 e. The topological polar surface area (TPSA) is 26.0 Å². The molecule has 0 aliphatic heterocycles. The maximum atomic E-state index is 16.2. The minimum Gasteiger partial charge on any atom is -0.324 e. The summed E-state index contributed by atoms with van der Waals surface area (Å²) in [7, 11) is 0. The normalized spacial score (nSPS) is 12.8. The van der Waals surface area contributed by atoms with Crippen molar-refractivity contribution in [2.45, 2.75) is 18.1 Å². The molecular weight excluding hydrogens is 285 g/mol. The molecule has 0 amide bonds. The van der Waals surface area contributed by atoms with Gasteiger partial charge in [0.05, 0.1) is 6.04 Å². The molecule has 0 radical (unpaired) electrons. The van der Waals surface area contributed by atoms with Gasteiger partial charge in [-0.3, -0.25) is 0 Å². The van der Waals surface area contributed by atoms with Gasteiger partial charge in [0.15, 0.2) is 5.67 Å². The summed E-state index contributed by atoms with van der Waals surface area (Å²) in [6, 6.07) is 27.5. The fourth-order valence-electron chi connectivity index (χ4n) is 2.96. The number of benzene rings is 3. The van der Waals surface area contributed by atoms with E-state index in [9.17, 15) is 0 Å². The number of nitrogens with two attached hydrogens (primary N) is 1. The van der Waals surface area contributed by atoms with E-state index in [4.69, 9.17) is 5.73 Å². The van der Waals surface area contributed by atoms with Gasteiger partial charge in [0.1, 0.15) is 0 Å². The lowest BCUT2D eigenvalue weighted by atomic mass is 9.80. The van der Waals surface area contributed by atoms with Gasteiger partial charge < -0.3 is 5.73 Å². The Morgan fingerprint density at radius 1 is 0.696 bits per heavy atom. The molecule has 0 aliphatic carbocycles. The number of hydrogen-bond acceptors (Lipinski definition) is 1. The largest absolute Gasteiger partial charge is 0.324 e. The van der Waals surface area contributed by atoms with Crippen molar-refractivity contribution in [1.82, 2.24) is 0 Å². The minimum atomic E-state index is -1.72. The molecule has 23 heavy (non-hydrogen) atoms. The fourth-order valence-corrected chi connectivity index (χ4v) is 2.96. The molecule has 0 unspecified atom stereocenters. The highest BCUT2D eigenvalue weighted by Crippen LogP contribution is 2.37. The summed E-state index contributed by atoms with van der Waals surface area (Å²) < 4.78 is 16.2. The second kappa shape index (κ2) is 6.76. The zero-order chi connectivity index (χ0) is 16.1. The second-order valence-corrected chi connectivity index (χ2v) is 5.74. The Morgan fingerprint density at radius 2 is 1.09 bits per heavy atom. The molecule has 0 aromatic heterocycles. The number of alkyl halides is 1. The Labute approximate surface area is 136 Å². The van der Waals surface area contributed by atoms with Crippen molar-refractivity contribution in [3.8, 4) is 0 Å². The van der Waals surface area contributed by atoms with Crippen LogP contribution in [0.4, 0.5) is 4.39 Å². The van der Waals surface area contributed by atoms with E-state index in [1.807, 2.05) is 66.7 Å². The highest BCUT2D eigenvalue weighted by atomic mass is 19.1. The van der Waals surface area contributed by atoms with E-state index in [0.717, 1.165) is 5.56 Å². The zero-order valence-electron chi connectivity index (χ0n) is 12.9. The number of halogens is 1. The van der Waals surface area contributed by atoms with Gasteiger partial charge in [-0.25, -0.2) is 4.39 Å². The van der Waals surface area contributed by atoms with Crippen LogP contribution in [0.15, 0.2) is 91.0 Å². The summed E-state index contributed by atoms with van der Waals surface area (Å²) in [6.07, 6.45) is 0.473. The molecule has 0 aliphatic rings. The summed E-state index contributed by atoms with van der Waals surface area (Å²) in [4.78, 5) is 0. The van der Waals surface area contributed by atoms with E-state index in [-0.39, 0.29) is 0 Å². The van der Waals surface area contributed by atoms with Gasteiger partial charge in [-0.15, -0.1) is 0 Å². The van der Waals surface area contributed by atoms with E-state index in [0.29, 0.717) is 17.5 Å². The summed E-state index contributed by atoms with van der Waals surface area (Å²) in [6.45, 7) is 0. The van der Waals surface area contributed by atoms with E-state index < -0.39 is 11.7 Å². The van der Waals surface area contributed by atoms with Crippen LogP contribution in [0.2, 0.25) is 0 Å². The average molecular weight is 305 g/mol. The molecule has 1 nitrogen and oxygen atoms in total. The lowest BCUT2D eigenvalue weighted by Gasteiger charge is -2.32. The van der Waals surface area contributed by atoms with Crippen molar-refractivity contribution in [2.24, 2.45) is 5.73 Å². The second-order valence-electron chi connectivity index (χ2n) is 5.74. The standard InChI is InChI=1S/C21H20FN/c22-21(18-12-6-2-7-13-18,19-14-8-3-9-15-19)20(23)16-17-10-4-1-5-11-17/h1-15,20H,16,23H2/t20-/m0/s1. The van der Waals surface area contributed by atoms with Crippen LogP contribution in [-0.2, 0) is 12.1 Å². The van der Waals surface area contributed by atoms with Crippen molar-refractivity contribution in [1.29, 1.82) is 0 Å². The molecule has 0 fully saturated rings. The van der Waals surface area contributed by atoms with Crippen molar-refractivity contribution in [2.75, 3.05) is 0 Å². The van der Waals surface area contributed by atoms with Crippen LogP contribution in [0.3, 0.4) is 0 Å². The maximum absolute atomic E-state index is 16.2. The summed E-state index contributed by atoms with van der Waals surface area (Å²) in [5.41, 5.74) is 6.87. The van der Waals surface area contributed by atoms with Gasteiger partial charge >= 0.3 is 0 Å². The molecular formula is C21H20FN. The van der Waals surface area contributed by atoms with Gasteiger partial charge in [0.2, 0.25) is 0 Å². The Bertz CT molecular complexity index is 686. The average Bonchev–Trinajstić information content (AvgIpc) is 2.63. The minimum absolute atomic E-state index is 0.473. The van der Waals surface area contributed by atoms with Crippen molar-refractivity contribution >= 4 is 0 Å². The number of rotatable bonds is 5. The van der Waals surface area contributed by atoms with Gasteiger partial charge in [-0.05, 0) is 23.1 Å². The Hall–Kier alpha value is -2.45.